The molecule has 0 spiro atoms. The average Bonchev–Trinajstić information content (AvgIpc) is 2.66. The van der Waals surface area contributed by atoms with E-state index in [1.807, 2.05) is 4.90 Å². The topological polar surface area (TPSA) is 71.1 Å². The van der Waals surface area contributed by atoms with Gasteiger partial charge in [-0.1, -0.05) is 6.58 Å². The summed E-state index contributed by atoms with van der Waals surface area (Å²) in [5.74, 6) is 1.80. The van der Waals surface area contributed by atoms with Crippen LogP contribution in [-0.4, -0.2) is 39.9 Å². The number of aliphatic hydroxyl groups excluding tert-OH is 1. The van der Waals surface area contributed by atoms with E-state index in [2.05, 4.69) is 11.6 Å². The molecule has 0 aromatic heterocycles. The van der Waals surface area contributed by atoms with Crippen LogP contribution in [0.1, 0.15) is 0 Å². The summed E-state index contributed by atoms with van der Waals surface area (Å²) in [6.45, 7) is 3.82. The minimum atomic E-state index is -0.153. The average molecular weight is 227 g/mol. The summed E-state index contributed by atoms with van der Waals surface area (Å²) < 4.78 is 5.57. The standard InChI is InChI=1S/C9H13N3O2S/c1-6-11-7(10)2-3-12(6)8-5-15-9(4-13)14-8/h2-3,8-9,13H,1,4-5H2,(H2,10,11)/t8-,9-/m0/s1. The Hall–Kier alpha value is -0.980. The molecule has 2 atom stereocenters. The third-order valence-electron chi connectivity index (χ3n) is 2.15. The lowest BCUT2D eigenvalue weighted by Gasteiger charge is -2.28. The van der Waals surface area contributed by atoms with Gasteiger partial charge in [-0.2, -0.15) is 0 Å². The zero-order valence-corrected chi connectivity index (χ0v) is 8.98. The number of nitrogens with zero attached hydrogens (tertiary/aromatic N) is 2. The fourth-order valence-corrected chi connectivity index (χ4v) is 2.36. The van der Waals surface area contributed by atoms with Crippen molar-refractivity contribution in [2.75, 3.05) is 12.4 Å². The summed E-state index contributed by atoms with van der Waals surface area (Å²) in [6.07, 6.45) is 3.39. The van der Waals surface area contributed by atoms with Crippen LogP contribution in [-0.2, 0) is 4.74 Å². The molecule has 2 aliphatic rings. The Morgan fingerprint density at radius 1 is 1.80 bits per heavy atom. The molecule has 0 amide bonds. The van der Waals surface area contributed by atoms with Crippen molar-refractivity contribution in [2.24, 2.45) is 10.7 Å². The van der Waals surface area contributed by atoms with Crippen molar-refractivity contribution < 1.29 is 9.84 Å². The molecule has 6 heteroatoms. The van der Waals surface area contributed by atoms with Gasteiger partial charge in [-0.05, 0) is 6.08 Å². The van der Waals surface area contributed by atoms with E-state index in [-0.39, 0.29) is 18.3 Å². The van der Waals surface area contributed by atoms with Crippen LogP contribution in [0, 0.1) is 0 Å². The first-order chi connectivity index (χ1) is 7.20. The molecule has 82 valence electrons. The van der Waals surface area contributed by atoms with Gasteiger partial charge < -0.3 is 20.5 Å². The van der Waals surface area contributed by atoms with E-state index in [0.29, 0.717) is 11.7 Å². The summed E-state index contributed by atoms with van der Waals surface area (Å²) in [4.78, 5) is 5.87. The van der Waals surface area contributed by atoms with Gasteiger partial charge in [-0.25, -0.2) is 4.99 Å². The van der Waals surface area contributed by atoms with Gasteiger partial charge in [0.25, 0.3) is 0 Å². The number of aliphatic imine (C=N–C) groups is 1. The lowest BCUT2D eigenvalue weighted by atomic mass is 10.4. The van der Waals surface area contributed by atoms with Gasteiger partial charge in [0.15, 0.2) is 0 Å². The van der Waals surface area contributed by atoms with Crippen molar-refractivity contribution in [3.63, 3.8) is 0 Å². The highest BCUT2D eigenvalue weighted by molar-refractivity contribution is 8.00. The van der Waals surface area contributed by atoms with E-state index in [9.17, 15) is 0 Å². The van der Waals surface area contributed by atoms with Gasteiger partial charge in [0.2, 0.25) is 0 Å². The molecule has 0 aliphatic carbocycles. The fraction of sp³-hybridized carbons (Fsp3) is 0.444. The Morgan fingerprint density at radius 3 is 3.20 bits per heavy atom. The first-order valence-corrected chi connectivity index (χ1v) is 5.63. The van der Waals surface area contributed by atoms with Crippen molar-refractivity contribution >= 4 is 17.6 Å². The Labute approximate surface area is 92.3 Å². The van der Waals surface area contributed by atoms with E-state index in [1.54, 1.807) is 24.0 Å². The SMILES string of the molecule is C=C1N=C(N)C=CN1[C@@H]1CS[C@@H](CO)O1. The lowest BCUT2D eigenvalue weighted by Crippen LogP contribution is -2.34. The molecule has 0 radical (unpaired) electrons. The van der Waals surface area contributed by atoms with Crippen LogP contribution in [0.2, 0.25) is 0 Å². The fourth-order valence-electron chi connectivity index (χ4n) is 1.43. The predicted molar refractivity (Wildman–Crippen MR) is 59.9 cm³/mol. The molecule has 15 heavy (non-hydrogen) atoms. The Morgan fingerprint density at radius 2 is 2.60 bits per heavy atom. The van der Waals surface area contributed by atoms with Gasteiger partial charge in [-0.15, -0.1) is 11.8 Å². The second-order valence-electron chi connectivity index (χ2n) is 3.21. The van der Waals surface area contributed by atoms with E-state index >= 15 is 0 Å². The molecule has 0 aromatic carbocycles. The predicted octanol–water partition coefficient (Wildman–Crippen LogP) is 0.0520. The molecule has 0 aromatic rings. The first kappa shape index (κ1) is 10.5. The summed E-state index contributed by atoms with van der Waals surface area (Å²) >= 11 is 1.58. The summed E-state index contributed by atoms with van der Waals surface area (Å²) in [5.41, 5.74) is 5.38. The normalized spacial score (nSPS) is 30.9. The van der Waals surface area contributed by atoms with E-state index in [0.717, 1.165) is 5.75 Å². The Bertz CT molecular complexity index is 329. The van der Waals surface area contributed by atoms with Crippen molar-refractivity contribution in [1.82, 2.24) is 4.90 Å². The van der Waals surface area contributed by atoms with Crippen LogP contribution in [0.25, 0.3) is 0 Å². The second kappa shape index (κ2) is 4.26. The minimum Gasteiger partial charge on any atom is -0.393 e. The molecule has 2 aliphatic heterocycles. The number of hydrogen-bond acceptors (Lipinski definition) is 6. The number of rotatable bonds is 2. The summed E-state index contributed by atoms with van der Waals surface area (Å²) in [5, 5.41) is 8.94. The van der Waals surface area contributed by atoms with Crippen molar-refractivity contribution in [2.45, 2.75) is 11.7 Å². The summed E-state index contributed by atoms with van der Waals surface area (Å²) in [7, 11) is 0. The lowest BCUT2D eigenvalue weighted by molar-refractivity contribution is -0.0241. The maximum Gasteiger partial charge on any atom is 0.145 e. The van der Waals surface area contributed by atoms with Crippen LogP contribution in [0.4, 0.5) is 0 Å². The smallest absolute Gasteiger partial charge is 0.145 e. The number of aliphatic hydroxyl groups is 1. The van der Waals surface area contributed by atoms with E-state index < -0.39 is 0 Å². The zero-order valence-electron chi connectivity index (χ0n) is 8.17. The van der Waals surface area contributed by atoms with Crippen LogP contribution in [0.3, 0.4) is 0 Å². The van der Waals surface area contributed by atoms with Gasteiger partial charge in [0, 0.05) is 12.0 Å². The molecule has 0 unspecified atom stereocenters. The van der Waals surface area contributed by atoms with Crippen molar-refractivity contribution in [3.8, 4) is 0 Å². The number of nitrogens with two attached hydrogens (primary N) is 1. The largest absolute Gasteiger partial charge is 0.393 e. The highest BCUT2D eigenvalue weighted by atomic mass is 32.2. The first-order valence-electron chi connectivity index (χ1n) is 4.58. The van der Waals surface area contributed by atoms with Crippen molar-refractivity contribution in [3.05, 3.63) is 24.7 Å². The number of thioether (sulfide) groups is 1. The Kier molecular flexibility index (Phi) is 2.99. The number of ether oxygens (including phenoxy) is 1. The quantitative estimate of drug-likeness (QED) is 0.697. The molecule has 0 saturated carbocycles. The maximum atomic E-state index is 8.94. The molecule has 2 heterocycles. The molecule has 1 saturated heterocycles. The minimum absolute atomic E-state index is 0.0244. The summed E-state index contributed by atoms with van der Waals surface area (Å²) in [6, 6.07) is 0. The van der Waals surface area contributed by atoms with Crippen LogP contribution >= 0.6 is 11.8 Å². The van der Waals surface area contributed by atoms with Gasteiger partial charge in [-0.3, -0.25) is 0 Å². The van der Waals surface area contributed by atoms with Crippen LogP contribution < -0.4 is 5.73 Å². The highest BCUT2D eigenvalue weighted by Gasteiger charge is 2.30. The second-order valence-corrected chi connectivity index (χ2v) is 4.40. The van der Waals surface area contributed by atoms with E-state index in [4.69, 9.17) is 15.6 Å². The molecule has 1 fully saturated rings. The molecule has 2 rings (SSSR count). The third-order valence-corrected chi connectivity index (χ3v) is 3.26. The molecular weight excluding hydrogens is 214 g/mol. The molecule has 5 nitrogen and oxygen atoms in total. The molecular formula is C9H13N3O2S. The molecule has 3 N–H and O–H groups in total. The van der Waals surface area contributed by atoms with Gasteiger partial charge >= 0.3 is 0 Å². The molecule has 0 bridgehead atoms. The Balaban J connectivity index is 2.02. The third kappa shape index (κ3) is 2.17. The van der Waals surface area contributed by atoms with Gasteiger partial charge in [0.1, 0.15) is 23.3 Å². The number of hydrogen-bond donors (Lipinski definition) is 2. The van der Waals surface area contributed by atoms with Crippen LogP contribution in [0.15, 0.2) is 29.7 Å². The van der Waals surface area contributed by atoms with E-state index in [1.165, 1.54) is 0 Å². The number of amidine groups is 1. The maximum absolute atomic E-state index is 8.94. The van der Waals surface area contributed by atoms with Gasteiger partial charge in [0.05, 0.1) is 6.61 Å². The monoisotopic (exact) mass is 227 g/mol. The van der Waals surface area contributed by atoms with Crippen molar-refractivity contribution in [1.29, 1.82) is 0 Å². The highest BCUT2D eigenvalue weighted by Crippen LogP contribution is 2.29. The van der Waals surface area contributed by atoms with Crippen LogP contribution in [0.5, 0.6) is 0 Å². The zero-order chi connectivity index (χ0) is 10.8.